The summed E-state index contributed by atoms with van der Waals surface area (Å²) in [5.41, 5.74) is 4.67. The van der Waals surface area contributed by atoms with Gasteiger partial charge >= 0.3 is 0 Å². The van der Waals surface area contributed by atoms with E-state index >= 15 is 0 Å². The summed E-state index contributed by atoms with van der Waals surface area (Å²) in [6, 6.07) is 5.94. The van der Waals surface area contributed by atoms with Crippen molar-refractivity contribution in [3.8, 4) is 5.75 Å². The van der Waals surface area contributed by atoms with E-state index < -0.39 is 0 Å². The number of benzene rings is 1. The first-order valence-electron chi connectivity index (χ1n) is 7.04. The van der Waals surface area contributed by atoms with Gasteiger partial charge in [0.25, 0.3) is 0 Å². The van der Waals surface area contributed by atoms with E-state index in [1.165, 1.54) is 0 Å². The van der Waals surface area contributed by atoms with Crippen molar-refractivity contribution in [1.29, 1.82) is 0 Å². The van der Waals surface area contributed by atoms with Gasteiger partial charge in [0.05, 0.1) is 7.11 Å². The molecule has 2 rings (SSSR count). The zero-order valence-corrected chi connectivity index (χ0v) is 13.7. The topological polar surface area (TPSA) is 47.3 Å². The van der Waals surface area contributed by atoms with Gasteiger partial charge in [-0.1, -0.05) is 39.3 Å². The molecule has 1 fully saturated rings. The predicted molar refractivity (Wildman–Crippen MR) is 83.9 cm³/mol. The van der Waals surface area contributed by atoms with Gasteiger partial charge in [0.1, 0.15) is 5.75 Å². The Morgan fingerprint density at radius 3 is 2.35 bits per heavy atom. The van der Waals surface area contributed by atoms with Gasteiger partial charge in [-0.05, 0) is 46.9 Å². The molecule has 0 aromatic heterocycles. The first-order chi connectivity index (χ1) is 9.25. The molecule has 4 heteroatoms. The van der Waals surface area contributed by atoms with Crippen molar-refractivity contribution < 1.29 is 4.74 Å². The van der Waals surface area contributed by atoms with Gasteiger partial charge in [-0.2, -0.15) is 0 Å². The molecule has 112 valence electrons. The van der Waals surface area contributed by atoms with Crippen LogP contribution in [0, 0.1) is 16.7 Å². The quantitative estimate of drug-likeness (QED) is 0.647. The number of ether oxygens (including phenoxy) is 1. The zero-order chi connectivity index (χ0) is 15.1. The van der Waals surface area contributed by atoms with Crippen LogP contribution < -0.4 is 16.0 Å². The van der Waals surface area contributed by atoms with Gasteiger partial charge in [-0.25, -0.2) is 0 Å². The van der Waals surface area contributed by atoms with Crippen molar-refractivity contribution in [2.75, 3.05) is 7.11 Å². The fraction of sp³-hybridized carbons (Fsp3) is 0.625. The molecule has 3 nitrogen and oxygen atoms in total. The first-order valence-corrected chi connectivity index (χ1v) is 7.42. The Balaban J connectivity index is 2.22. The fourth-order valence-corrected chi connectivity index (χ4v) is 3.86. The molecule has 0 heterocycles. The summed E-state index contributed by atoms with van der Waals surface area (Å²) in [6.45, 7) is 9.21. The normalized spacial score (nSPS) is 21.6. The average molecular weight is 297 g/mol. The third-order valence-corrected chi connectivity index (χ3v) is 5.67. The number of halogens is 1. The van der Waals surface area contributed by atoms with Crippen LogP contribution in [0.2, 0.25) is 5.02 Å². The van der Waals surface area contributed by atoms with Crippen LogP contribution in [0.5, 0.6) is 5.75 Å². The maximum atomic E-state index is 6.10. The second kappa shape index (κ2) is 5.21. The molecule has 0 aliphatic heterocycles. The van der Waals surface area contributed by atoms with E-state index in [-0.39, 0.29) is 16.9 Å². The summed E-state index contributed by atoms with van der Waals surface area (Å²) in [4.78, 5) is 0. The molecule has 1 aromatic rings. The number of rotatable bonds is 5. The molecule has 1 aliphatic rings. The van der Waals surface area contributed by atoms with E-state index in [0.717, 1.165) is 22.8 Å². The van der Waals surface area contributed by atoms with Crippen LogP contribution in [0.3, 0.4) is 0 Å². The number of hydrogen-bond acceptors (Lipinski definition) is 3. The van der Waals surface area contributed by atoms with E-state index in [4.69, 9.17) is 22.2 Å². The Morgan fingerprint density at radius 2 is 1.90 bits per heavy atom. The Bertz CT molecular complexity index is 485. The molecule has 0 bridgehead atoms. The van der Waals surface area contributed by atoms with Crippen molar-refractivity contribution in [2.24, 2.45) is 22.6 Å². The molecule has 1 saturated carbocycles. The standard InChI is InChI=1S/C16H25ClN2O/c1-15(2)14(16(15,3)4)12(19-18)9-10-8-11(17)6-7-13(10)20-5/h6-8,12,14,19H,9,18H2,1-5H3. The summed E-state index contributed by atoms with van der Waals surface area (Å²) in [7, 11) is 1.68. The van der Waals surface area contributed by atoms with Crippen molar-refractivity contribution in [3.05, 3.63) is 28.8 Å². The SMILES string of the molecule is COc1ccc(Cl)cc1CC(NN)C1C(C)(C)C1(C)C. The Labute approximate surface area is 126 Å². The summed E-state index contributed by atoms with van der Waals surface area (Å²) in [5.74, 6) is 7.21. The number of methoxy groups -OCH3 is 1. The molecule has 20 heavy (non-hydrogen) atoms. The smallest absolute Gasteiger partial charge is 0.122 e. The van der Waals surface area contributed by atoms with Gasteiger partial charge in [0.15, 0.2) is 0 Å². The highest BCUT2D eigenvalue weighted by atomic mass is 35.5. The van der Waals surface area contributed by atoms with Gasteiger partial charge in [0.2, 0.25) is 0 Å². The number of hydrogen-bond donors (Lipinski definition) is 2. The number of nitrogens with two attached hydrogens (primary N) is 1. The molecule has 0 spiro atoms. The van der Waals surface area contributed by atoms with Crippen LogP contribution in [-0.4, -0.2) is 13.2 Å². The van der Waals surface area contributed by atoms with Gasteiger partial charge in [-0.3, -0.25) is 11.3 Å². The van der Waals surface area contributed by atoms with E-state index in [9.17, 15) is 0 Å². The molecule has 0 amide bonds. The zero-order valence-electron chi connectivity index (χ0n) is 13.0. The summed E-state index contributed by atoms with van der Waals surface area (Å²) < 4.78 is 5.42. The van der Waals surface area contributed by atoms with Crippen molar-refractivity contribution in [3.63, 3.8) is 0 Å². The van der Waals surface area contributed by atoms with Crippen LogP contribution in [-0.2, 0) is 6.42 Å². The van der Waals surface area contributed by atoms with E-state index in [0.29, 0.717) is 5.92 Å². The lowest BCUT2D eigenvalue weighted by atomic mass is 9.97. The summed E-state index contributed by atoms with van der Waals surface area (Å²) >= 11 is 6.10. The Kier molecular flexibility index (Phi) is 4.07. The second-order valence-electron chi connectivity index (χ2n) is 6.85. The van der Waals surface area contributed by atoms with Crippen molar-refractivity contribution in [1.82, 2.24) is 5.43 Å². The highest BCUT2D eigenvalue weighted by Gasteiger charge is 2.66. The lowest BCUT2D eigenvalue weighted by Gasteiger charge is -2.20. The van der Waals surface area contributed by atoms with Crippen LogP contribution in [0.4, 0.5) is 0 Å². The first kappa shape index (κ1) is 15.6. The van der Waals surface area contributed by atoms with Gasteiger partial charge in [-0.15, -0.1) is 0 Å². The van der Waals surface area contributed by atoms with Crippen LogP contribution in [0.15, 0.2) is 18.2 Å². The predicted octanol–water partition coefficient (Wildman–Crippen LogP) is 3.41. The van der Waals surface area contributed by atoms with Gasteiger partial charge in [0, 0.05) is 11.1 Å². The van der Waals surface area contributed by atoms with Crippen LogP contribution in [0.1, 0.15) is 33.3 Å². The molecule has 1 aliphatic carbocycles. The number of nitrogens with one attached hydrogen (secondary N) is 1. The Hall–Kier alpha value is -0.770. The van der Waals surface area contributed by atoms with E-state index in [2.05, 4.69) is 33.1 Å². The molecular weight excluding hydrogens is 272 g/mol. The average Bonchev–Trinajstić information content (AvgIpc) is 2.77. The monoisotopic (exact) mass is 296 g/mol. The molecule has 0 radical (unpaired) electrons. The summed E-state index contributed by atoms with van der Waals surface area (Å²) in [5, 5.41) is 0.728. The molecule has 1 unspecified atom stereocenters. The molecule has 3 N–H and O–H groups in total. The minimum absolute atomic E-state index is 0.215. The van der Waals surface area contributed by atoms with Crippen molar-refractivity contribution in [2.45, 2.75) is 40.2 Å². The van der Waals surface area contributed by atoms with Crippen LogP contribution >= 0.6 is 11.6 Å². The largest absolute Gasteiger partial charge is 0.496 e. The van der Waals surface area contributed by atoms with Crippen LogP contribution in [0.25, 0.3) is 0 Å². The maximum absolute atomic E-state index is 6.10. The van der Waals surface area contributed by atoms with E-state index in [1.54, 1.807) is 7.11 Å². The maximum Gasteiger partial charge on any atom is 0.122 e. The second-order valence-corrected chi connectivity index (χ2v) is 7.29. The lowest BCUT2D eigenvalue weighted by Crippen LogP contribution is -2.40. The number of hydrazine groups is 1. The Morgan fingerprint density at radius 1 is 1.30 bits per heavy atom. The molecule has 0 saturated heterocycles. The minimum atomic E-state index is 0.215. The highest BCUT2D eigenvalue weighted by molar-refractivity contribution is 6.30. The van der Waals surface area contributed by atoms with Crippen molar-refractivity contribution >= 4 is 11.6 Å². The molecule has 1 aromatic carbocycles. The third-order valence-electron chi connectivity index (χ3n) is 5.43. The highest BCUT2D eigenvalue weighted by Crippen LogP contribution is 2.69. The lowest BCUT2D eigenvalue weighted by molar-refractivity contribution is 0.382. The van der Waals surface area contributed by atoms with Gasteiger partial charge < -0.3 is 4.74 Å². The molecule has 1 atom stereocenters. The summed E-state index contributed by atoms with van der Waals surface area (Å²) in [6.07, 6.45) is 0.817. The van der Waals surface area contributed by atoms with E-state index in [1.807, 2.05) is 18.2 Å². The fourth-order valence-electron chi connectivity index (χ4n) is 3.67. The third kappa shape index (κ3) is 2.43. The molecular formula is C16H25ClN2O. The minimum Gasteiger partial charge on any atom is -0.496 e.